The first-order chi connectivity index (χ1) is 13.9. The molecular formula is C21H48N3O6P. The quantitative estimate of drug-likeness (QED) is 0.0822. The number of phosphoric ester groups is 1. The highest BCUT2D eigenvalue weighted by Crippen LogP contribution is 2.35. The van der Waals surface area contributed by atoms with Crippen molar-refractivity contribution in [3.8, 4) is 0 Å². The predicted molar refractivity (Wildman–Crippen MR) is 127 cm³/mol. The fourth-order valence-corrected chi connectivity index (χ4v) is 3.36. The first-order valence-electron chi connectivity index (χ1n) is 11.1. The van der Waals surface area contributed by atoms with Gasteiger partial charge in [0.15, 0.2) is 0 Å². The molecule has 0 bridgehead atoms. The number of aliphatic hydroxyl groups is 1. The highest BCUT2D eigenvalue weighted by atomic mass is 31.2. The highest BCUT2D eigenvalue weighted by Gasteiger charge is 2.19. The standard InChI is InChI=1S/C21H42NO6P.2H3N/c1-2-3-4-5-6-7-8-9-10-11-12-13-14-15-16-17-21(24)22-20(18-23)19-28-29(25,26)27;;/h9-10,20,23H,2-8,11-19H2,1H3,(H,22,24)(H2,25,26,27);2*1H3/b10-9-;;/t20-;;/m1../s1. The number of carbonyl (C=O) groups is 1. The minimum Gasteiger partial charge on any atom is -0.394 e. The monoisotopic (exact) mass is 469 g/mol. The number of amides is 1. The van der Waals surface area contributed by atoms with Crippen molar-refractivity contribution in [3.63, 3.8) is 0 Å². The molecule has 31 heavy (non-hydrogen) atoms. The summed E-state index contributed by atoms with van der Waals surface area (Å²) in [7, 11) is -4.60. The maximum atomic E-state index is 11.8. The zero-order valence-electron chi connectivity index (χ0n) is 19.5. The number of carbonyl (C=O) groups excluding carboxylic acids is 1. The van der Waals surface area contributed by atoms with E-state index in [9.17, 15) is 9.36 Å². The normalized spacial score (nSPS) is 12.3. The Morgan fingerprint density at radius 2 is 1.39 bits per heavy atom. The third kappa shape index (κ3) is 27.2. The van der Waals surface area contributed by atoms with Crippen LogP contribution in [0.4, 0.5) is 0 Å². The molecule has 0 spiro atoms. The Bertz CT molecular complexity index is 474. The topological polar surface area (TPSA) is 186 Å². The summed E-state index contributed by atoms with van der Waals surface area (Å²) in [5, 5.41) is 11.6. The molecular weight excluding hydrogens is 421 g/mol. The van der Waals surface area contributed by atoms with E-state index in [1.165, 1.54) is 51.4 Å². The van der Waals surface area contributed by atoms with Gasteiger partial charge in [-0.15, -0.1) is 0 Å². The van der Waals surface area contributed by atoms with Crippen molar-refractivity contribution in [1.82, 2.24) is 17.6 Å². The Balaban J connectivity index is -0.00000392. The molecule has 0 radical (unpaired) electrons. The Labute approximate surface area is 188 Å². The van der Waals surface area contributed by atoms with E-state index in [2.05, 4.69) is 28.9 Å². The zero-order valence-corrected chi connectivity index (χ0v) is 20.4. The van der Waals surface area contributed by atoms with Crippen molar-refractivity contribution in [2.75, 3.05) is 13.2 Å². The van der Waals surface area contributed by atoms with Crippen LogP contribution in [0.1, 0.15) is 96.8 Å². The Hall–Kier alpha value is -0.800. The lowest BCUT2D eigenvalue weighted by molar-refractivity contribution is -0.122. The summed E-state index contributed by atoms with van der Waals surface area (Å²) in [6.07, 6.45) is 20.4. The van der Waals surface area contributed by atoms with Crippen molar-refractivity contribution >= 4 is 13.7 Å². The second-order valence-electron chi connectivity index (χ2n) is 7.57. The average molecular weight is 470 g/mol. The second-order valence-corrected chi connectivity index (χ2v) is 8.81. The number of aliphatic hydroxyl groups excluding tert-OH is 1. The van der Waals surface area contributed by atoms with Crippen molar-refractivity contribution in [1.29, 1.82) is 0 Å². The van der Waals surface area contributed by atoms with E-state index in [1.54, 1.807) is 0 Å². The maximum absolute atomic E-state index is 11.8. The van der Waals surface area contributed by atoms with E-state index >= 15 is 0 Å². The Morgan fingerprint density at radius 3 is 1.87 bits per heavy atom. The van der Waals surface area contributed by atoms with Gasteiger partial charge >= 0.3 is 7.82 Å². The fourth-order valence-electron chi connectivity index (χ4n) is 2.98. The number of nitrogens with one attached hydrogen (secondary N) is 1. The van der Waals surface area contributed by atoms with Gasteiger partial charge in [0.05, 0.1) is 19.3 Å². The van der Waals surface area contributed by atoms with E-state index in [0.29, 0.717) is 6.42 Å². The largest absolute Gasteiger partial charge is 0.469 e. The predicted octanol–water partition coefficient (Wildman–Crippen LogP) is 4.93. The molecule has 0 rings (SSSR count). The Morgan fingerprint density at radius 1 is 0.903 bits per heavy atom. The molecule has 10 N–H and O–H groups in total. The summed E-state index contributed by atoms with van der Waals surface area (Å²) in [6.45, 7) is 1.39. The summed E-state index contributed by atoms with van der Waals surface area (Å²) in [6, 6.07) is -0.807. The van der Waals surface area contributed by atoms with Crippen LogP contribution in [-0.2, 0) is 13.9 Å². The average Bonchev–Trinajstić information content (AvgIpc) is 2.67. The van der Waals surface area contributed by atoms with Gasteiger partial charge in [0.25, 0.3) is 0 Å². The number of unbranched alkanes of at least 4 members (excludes halogenated alkanes) is 11. The first kappa shape index (κ1) is 34.8. The molecule has 0 aliphatic rings. The molecule has 0 aliphatic carbocycles. The fraction of sp³-hybridized carbons (Fsp3) is 0.857. The van der Waals surface area contributed by atoms with Gasteiger partial charge in [-0.3, -0.25) is 9.32 Å². The zero-order chi connectivity index (χ0) is 21.8. The number of phosphoric acid groups is 1. The van der Waals surface area contributed by atoms with Crippen molar-refractivity contribution in [3.05, 3.63) is 12.2 Å². The SMILES string of the molecule is CCCCCCCC/C=C\CCCCCCCC(=O)N[C@H](CO)COP(=O)(O)O.N.N. The van der Waals surface area contributed by atoms with Crippen LogP contribution in [0.2, 0.25) is 0 Å². The molecule has 0 unspecified atom stereocenters. The molecule has 0 aromatic rings. The molecule has 0 aromatic heterocycles. The van der Waals surface area contributed by atoms with Crippen molar-refractivity contribution in [2.24, 2.45) is 0 Å². The summed E-state index contributed by atoms with van der Waals surface area (Å²) in [5.41, 5.74) is 0. The number of hydrogen-bond acceptors (Lipinski definition) is 6. The summed E-state index contributed by atoms with van der Waals surface area (Å²) >= 11 is 0. The smallest absolute Gasteiger partial charge is 0.394 e. The van der Waals surface area contributed by atoms with E-state index < -0.39 is 27.1 Å². The minimum atomic E-state index is -4.60. The lowest BCUT2D eigenvalue weighted by Crippen LogP contribution is -2.40. The molecule has 188 valence electrons. The molecule has 0 aromatic carbocycles. The Kier molecular flexibility index (Phi) is 26.8. The molecule has 9 nitrogen and oxygen atoms in total. The van der Waals surface area contributed by atoms with Crippen LogP contribution in [0.25, 0.3) is 0 Å². The van der Waals surface area contributed by atoms with E-state index in [1.807, 2.05) is 0 Å². The summed E-state index contributed by atoms with van der Waals surface area (Å²) in [5.74, 6) is -0.240. The molecule has 1 amide bonds. The van der Waals surface area contributed by atoms with Gasteiger partial charge < -0.3 is 32.5 Å². The molecule has 0 saturated carbocycles. The van der Waals surface area contributed by atoms with Crippen LogP contribution in [0.3, 0.4) is 0 Å². The van der Waals surface area contributed by atoms with E-state index in [4.69, 9.17) is 14.9 Å². The lowest BCUT2D eigenvalue weighted by Gasteiger charge is -2.16. The van der Waals surface area contributed by atoms with Crippen LogP contribution in [0.15, 0.2) is 12.2 Å². The summed E-state index contributed by atoms with van der Waals surface area (Å²) in [4.78, 5) is 29.1. The lowest BCUT2D eigenvalue weighted by atomic mass is 10.1. The molecule has 0 fully saturated rings. The van der Waals surface area contributed by atoms with Crippen molar-refractivity contribution in [2.45, 2.75) is 103 Å². The van der Waals surface area contributed by atoms with Gasteiger partial charge in [-0.05, 0) is 32.1 Å². The van der Waals surface area contributed by atoms with Gasteiger partial charge in [-0.25, -0.2) is 4.57 Å². The molecule has 0 saturated heterocycles. The van der Waals surface area contributed by atoms with Gasteiger partial charge in [-0.2, -0.15) is 0 Å². The second kappa shape index (κ2) is 23.9. The van der Waals surface area contributed by atoms with E-state index in [-0.39, 0.29) is 18.2 Å². The maximum Gasteiger partial charge on any atom is 0.469 e. The summed E-state index contributed by atoms with van der Waals surface area (Å²) < 4.78 is 14.9. The van der Waals surface area contributed by atoms with Crippen LogP contribution in [0, 0.1) is 0 Å². The molecule has 1 atom stereocenters. The van der Waals surface area contributed by atoms with Gasteiger partial charge in [0, 0.05) is 6.42 Å². The number of hydrogen-bond donors (Lipinski definition) is 6. The third-order valence-corrected chi connectivity index (χ3v) is 5.18. The highest BCUT2D eigenvalue weighted by molar-refractivity contribution is 7.46. The van der Waals surface area contributed by atoms with Gasteiger partial charge in [-0.1, -0.05) is 70.4 Å². The first-order valence-corrected chi connectivity index (χ1v) is 12.7. The minimum absolute atomic E-state index is 0. The third-order valence-electron chi connectivity index (χ3n) is 4.70. The van der Waals surface area contributed by atoms with E-state index in [0.717, 1.165) is 32.1 Å². The van der Waals surface area contributed by atoms with Gasteiger partial charge in [0.1, 0.15) is 0 Å². The number of allylic oxidation sites excluding steroid dienone is 2. The van der Waals surface area contributed by atoms with Gasteiger partial charge in [0.2, 0.25) is 5.91 Å². The number of rotatable bonds is 20. The van der Waals surface area contributed by atoms with Crippen LogP contribution in [0.5, 0.6) is 0 Å². The molecule has 0 aliphatic heterocycles. The van der Waals surface area contributed by atoms with Crippen molar-refractivity contribution < 1.29 is 28.8 Å². The van der Waals surface area contributed by atoms with Crippen LogP contribution >= 0.6 is 7.82 Å². The molecule has 10 heteroatoms. The van der Waals surface area contributed by atoms with Crippen LogP contribution < -0.4 is 17.6 Å². The van der Waals surface area contributed by atoms with Crippen LogP contribution in [-0.4, -0.2) is 40.1 Å². The molecule has 0 heterocycles.